The van der Waals surface area contributed by atoms with Gasteiger partial charge in [-0.25, -0.2) is 4.98 Å². The molecule has 14 heavy (non-hydrogen) atoms. The molecular formula is C7H8ClN5S. The zero-order valence-corrected chi connectivity index (χ0v) is 8.77. The van der Waals surface area contributed by atoms with E-state index in [1.807, 2.05) is 0 Å². The quantitative estimate of drug-likeness (QED) is 0.835. The van der Waals surface area contributed by atoms with Crippen LogP contribution in [0.3, 0.4) is 0 Å². The molecule has 0 unspecified atom stereocenters. The van der Waals surface area contributed by atoms with Crippen LogP contribution in [-0.4, -0.2) is 25.3 Å². The Kier molecular flexibility index (Phi) is 2.95. The molecule has 7 heteroatoms. The summed E-state index contributed by atoms with van der Waals surface area (Å²) in [4.78, 5) is 6.93. The molecule has 0 radical (unpaired) electrons. The Morgan fingerprint density at radius 3 is 3.07 bits per heavy atom. The van der Waals surface area contributed by atoms with Crippen LogP contribution in [0.2, 0.25) is 5.15 Å². The van der Waals surface area contributed by atoms with Gasteiger partial charge in [0.2, 0.25) is 0 Å². The molecule has 0 atom stereocenters. The number of hydrogen-bond acceptors (Lipinski definition) is 5. The van der Waals surface area contributed by atoms with Crippen molar-refractivity contribution in [2.75, 3.05) is 11.9 Å². The monoisotopic (exact) mass is 229 g/mol. The zero-order chi connectivity index (χ0) is 9.80. The topological polar surface area (TPSA) is 66.5 Å². The molecule has 2 rings (SSSR count). The van der Waals surface area contributed by atoms with E-state index in [9.17, 15) is 0 Å². The Morgan fingerprint density at radius 2 is 2.43 bits per heavy atom. The molecular weight excluding hydrogens is 222 g/mol. The van der Waals surface area contributed by atoms with Gasteiger partial charge < -0.3 is 10.3 Å². The number of nitrogens with one attached hydrogen (secondary N) is 2. The van der Waals surface area contributed by atoms with Crippen LogP contribution < -0.4 is 5.32 Å². The normalized spacial score (nSPS) is 10.4. The summed E-state index contributed by atoms with van der Waals surface area (Å²) in [6.45, 7) is 0.757. The maximum Gasteiger partial charge on any atom is 0.186 e. The smallest absolute Gasteiger partial charge is 0.186 e. The summed E-state index contributed by atoms with van der Waals surface area (Å²) in [6, 6.07) is 0. The first-order chi connectivity index (χ1) is 6.86. The standard InChI is InChI=1S/C7H8ClN5S/c8-6-7(13-14-12-6)10-2-1-5-3-9-4-11-5/h3-4H,1-2H2,(H,9,11)(H,10,13). The van der Waals surface area contributed by atoms with E-state index in [-0.39, 0.29) is 0 Å². The number of halogens is 1. The molecule has 0 saturated carbocycles. The molecule has 0 aliphatic carbocycles. The van der Waals surface area contributed by atoms with Gasteiger partial charge in [-0.3, -0.25) is 0 Å². The van der Waals surface area contributed by atoms with Crippen LogP contribution in [0.5, 0.6) is 0 Å². The molecule has 2 aromatic rings. The summed E-state index contributed by atoms with van der Waals surface area (Å²) in [5.41, 5.74) is 1.08. The molecule has 2 N–H and O–H groups in total. The first-order valence-corrected chi connectivity index (χ1v) is 5.16. The number of hydrogen-bond donors (Lipinski definition) is 2. The highest BCUT2D eigenvalue weighted by Crippen LogP contribution is 2.17. The summed E-state index contributed by atoms with van der Waals surface area (Å²) >= 11 is 6.85. The van der Waals surface area contributed by atoms with Crippen LogP contribution in [-0.2, 0) is 6.42 Å². The number of imidazole rings is 1. The fraction of sp³-hybridized carbons (Fsp3) is 0.286. The van der Waals surface area contributed by atoms with Crippen LogP contribution in [0.25, 0.3) is 0 Å². The third-order valence-corrected chi connectivity index (χ3v) is 2.58. The van der Waals surface area contributed by atoms with Gasteiger partial charge in [0, 0.05) is 24.9 Å². The molecule has 0 fully saturated rings. The third kappa shape index (κ3) is 2.21. The van der Waals surface area contributed by atoms with E-state index in [4.69, 9.17) is 11.6 Å². The molecule has 0 aliphatic heterocycles. The Balaban J connectivity index is 1.81. The van der Waals surface area contributed by atoms with Gasteiger partial charge in [0.1, 0.15) is 0 Å². The second kappa shape index (κ2) is 4.39. The van der Waals surface area contributed by atoms with E-state index in [0.717, 1.165) is 30.4 Å². The Hall–Kier alpha value is -1.14. The maximum atomic E-state index is 5.75. The molecule has 0 spiro atoms. The number of aromatic nitrogens is 4. The molecule has 5 nitrogen and oxygen atoms in total. The second-order valence-corrected chi connectivity index (χ2v) is 3.54. The molecule has 0 bridgehead atoms. The van der Waals surface area contributed by atoms with Crippen molar-refractivity contribution in [1.82, 2.24) is 18.7 Å². The van der Waals surface area contributed by atoms with Crippen molar-refractivity contribution in [1.29, 1.82) is 0 Å². The highest BCUT2D eigenvalue weighted by Gasteiger charge is 2.03. The molecule has 0 aromatic carbocycles. The van der Waals surface area contributed by atoms with E-state index in [1.165, 1.54) is 0 Å². The minimum atomic E-state index is 0.430. The van der Waals surface area contributed by atoms with Crippen molar-refractivity contribution >= 4 is 29.1 Å². The van der Waals surface area contributed by atoms with Crippen molar-refractivity contribution in [2.24, 2.45) is 0 Å². The Bertz CT molecular complexity index is 384. The second-order valence-electron chi connectivity index (χ2n) is 2.66. The van der Waals surface area contributed by atoms with E-state index in [2.05, 4.69) is 24.0 Å². The minimum absolute atomic E-state index is 0.430. The van der Waals surface area contributed by atoms with Crippen molar-refractivity contribution in [2.45, 2.75) is 6.42 Å². The first-order valence-electron chi connectivity index (χ1n) is 4.05. The van der Waals surface area contributed by atoms with Gasteiger partial charge in [-0.05, 0) is 0 Å². The number of rotatable bonds is 4. The highest BCUT2D eigenvalue weighted by molar-refractivity contribution is 6.99. The fourth-order valence-corrected chi connectivity index (χ4v) is 1.70. The summed E-state index contributed by atoms with van der Waals surface area (Å²) in [6.07, 6.45) is 4.31. The van der Waals surface area contributed by atoms with Crippen LogP contribution in [0.1, 0.15) is 5.69 Å². The summed E-state index contributed by atoms with van der Waals surface area (Å²) in [7, 11) is 0. The van der Waals surface area contributed by atoms with Gasteiger partial charge >= 0.3 is 0 Å². The van der Waals surface area contributed by atoms with Crippen LogP contribution in [0.15, 0.2) is 12.5 Å². The van der Waals surface area contributed by atoms with Crippen LogP contribution in [0, 0.1) is 0 Å². The molecule has 0 amide bonds. The van der Waals surface area contributed by atoms with Gasteiger partial charge in [0.25, 0.3) is 0 Å². The van der Waals surface area contributed by atoms with E-state index in [0.29, 0.717) is 11.0 Å². The van der Waals surface area contributed by atoms with Crippen LogP contribution in [0.4, 0.5) is 5.82 Å². The summed E-state index contributed by atoms with van der Waals surface area (Å²) in [5.74, 6) is 0.649. The van der Waals surface area contributed by atoms with Crippen molar-refractivity contribution in [3.63, 3.8) is 0 Å². The van der Waals surface area contributed by atoms with Crippen molar-refractivity contribution in [3.05, 3.63) is 23.4 Å². The lowest BCUT2D eigenvalue weighted by molar-refractivity contribution is 0.972. The van der Waals surface area contributed by atoms with Gasteiger partial charge in [-0.2, -0.15) is 8.75 Å². The predicted octanol–water partition coefficient (Wildman–Crippen LogP) is 1.57. The van der Waals surface area contributed by atoms with Gasteiger partial charge in [-0.1, -0.05) is 11.6 Å². The number of aromatic amines is 1. The lowest BCUT2D eigenvalue weighted by Crippen LogP contribution is -2.05. The van der Waals surface area contributed by atoms with Gasteiger partial charge in [-0.15, -0.1) is 0 Å². The maximum absolute atomic E-state index is 5.75. The average molecular weight is 230 g/mol. The highest BCUT2D eigenvalue weighted by atomic mass is 35.5. The minimum Gasteiger partial charge on any atom is -0.366 e. The zero-order valence-electron chi connectivity index (χ0n) is 7.20. The lowest BCUT2D eigenvalue weighted by atomic mass is 10.3. The van der Waals surface area contributed by atoms with E-state index >= 15 is 0 Å². The summed E-state index contributed by atoms with van der Waals surface area (Å²) < 4.78 is 7.84. The van der Waals surface area contributed by atoms with Crippen molar-refractivity contribution in [3.8, 4) is 0 Å². The summed E-state index contributed by atoms with van der Waals surface area (Å²) in [5, 5.41) is 3.52. The number of nitrogens with zero attached hydrogens (tertiary/aromatic N) is 3. The molecule has 0 saturated heterocycles. The van der Waals surface area contributed by atoms with Gasteiger partial charge in [0.05, 0.1) is 18.1 Å². The lowest BCUT2D eigenvalue weighted by Gasteiger charge is -2.00. The number of anilines is 1. The molecule has 0 aliphatic rings. The van der Waals surface area contributed by atoms with E-state index < -0.39 is 0 Å². The third-order valence-electron chi connectivity index (χ3n) is 1.69. The molecule has 2 aromatic heterocycles. The van der Waals surface area contributed by atoms with Gasteiger partial charge in [0.15, 0.2) is 11.0 Å². The number of H-pyrrole nitrogens is 1. The first kappa shape index (κ1) is 9.42. The van der Waals surface area contributed by atoms with Crippen molar-refractivity contribution < 1.29 is 0 Å². The fourth-order valence-electron chi connectivity index (χ4n) is 1.02. The largest absolute Gasteiger partial charge is 0.366 e. The Morgan fingerprint density at radius 1 is 1.50 bits per heavy atom. The predicted molar refractivity (Wildman–Crippen MR) is 55.7 cm³/mol. The van der Waals surface area contributed by atoms with Crippen LogP contribution >= 0.6 is 23.3 Å². The Labute approximate surface area is 89.9 Å². The average Bonchev–Trinajstić information content (AvgIpc) is 2.78. The SMILES string of the molecule is Clc1nsnc1NCCc1cnc[nH]1. The molecule has 2 heterocycles. The van der Waals surface area contributed by atoms with E-state index in [1.54, 1.807) is 12.5 Å². The molecule has 74 valence electrons.